The van der Waals surface area contributed by atoms with Gasteiger partial charge in [-0.3, -0.25) is 0 Å². The van der Waals surface area contributed by atoms with Gasteiger partial charge in [-0.25, -0.2) is 22.2 Å². The largest absolute Gasteiger partial charge is 0.265 e. The summed E-state index contributed by atoms with van der Waals surface area (Å²) in [7, 11) is 0.616. The first-order chi connectivity index (χ1) is 6.34. The molecule has 1 rings (SSSR count). The summed E-state index contributed by atoms with van der Waals surface area (Å²) in [5, 5.41) is -0.558. The van der Waals surface area contributed by atoms with E-state index in [1.165, 1.54) is 0 Å². The van der Waals surface area contributed by atoms with Crippen LogP contribution in [0, 0.1) is 0 Å². The van der Waals surface area contributed by atoms with Gasteiger partial charge in [-0.2, -0.15) is 0 Å². The van der Waals surface area contributed by atoms with Crippen molar-refractivity contribution in [2.45, 2.75) is 11.3 Å². The molecular weight excluding hydrogens is 259 g/mol. The number of pyridine rings is 1. The van der Waals surface area contributed by atoms with E-state index in [1.807, 2.05) is 0 Å². The third-order valence-corrected chi connectivity index (χ3v) is 3.15. The number of nitrogens with zero attached hydrogens (tertiary/aromatic N) is 1. The number of alkyl halides is 2. The van der Waals surface area contributed by atoms with Crippen molar-refractivity contribution in [2.24, 2.45) is 0 Å². The summed E-state index contributed by atoms with van der Waals surface area (Å²) in [6.45, 7) is 0. The molecule has 0 aliphatic carbocycles. The van der Waals surface area contributed by atoms with Gasteiger partial charge < -0.3 is 0 Å². The molecule has 0 spiro atoms. The third kappa shape index (κ3) is 2.31. The Morgan fingerprint density at radius 3 is 2.36 bits per heavy atom. The summed E-state index contributed by atoms with van der Waals surface area (Å²) in [6.07, 6.45) is -1.99. The summed E-state index contributed by atoms with van der Waals surface area (Å²) < 4.78 is 46.4. The Hall–Kier alpha value is -0.460. The van der Waals surface area contributed by atoms with Gasteiger partial charge in [0, 0.05) is 22.4 Å². The molecule has 0 saturated carbocycles. The maximum absolute atomic E-state index is 12.3. The SMILES string of the molecule is O=S(=O)(Cl)c1c(C(F)F)ccnc1Cl. The van der Waals surface area contributed by atoms with Crippen molar-refractivity contribution < 1.29 is 17.2 Å². The summed E-state index contributed by atoms with van der Waals surface area (Å²) in [6, 6.07) is 0.853. The molecule has 1 aromatic heterocycles. The predicted octanol–water partition coefficient (Wildman–Crippen LogP) is 2.60. The van der Waals surface area contributed by atoms with Gasteiger partial charge in [-0.05, 0) is 6.07 Å². The Balaban J connectivity index is 3.54. The quantitative estimate of drug-likeness (QED) is 0.608. The van der Waals surface area contributed by atoms with Crippen molar-refractivity contribution in [1.82, 2.24) is 4.98 Å². The molecule has 0 N–H and O–H groups in total. The molecule has 0 atom stereocenters. The summed E-state index contributed by atoms with van der Waals surface area (Å²) in [5.74, 6) is 0. The smallest absolute Gasteiger partial charge is 0.243 e. The minimum atomic E-state index is -4.31. The van der Waals surface area contributed by atoms with Gasteiger partial charge >= 0.3 is 0 Å². The van der Waals surface area contributed by atoms with E-state index in [-0.39, 0.29) is 0 Å². The number of hydrogen-bond donors (Lipinski definition) is 0. The van der Waals surface area contributed by atoms with E-state index in [1.54, 1.807) is 0 Å². The van der Waals surface area contributed by atoms with E-state index < -0.39 is 31.1 Å². The highest BCUT2D eigenvalue weighted by molar-refractivity contribution is 8.13. The molecule has 0 radical (unpaired) electrons. The molecule has 0 aromatic carbocycles. The second-order valence-corrected chi connectivity index (χ2v) is 5.12. The van der Waals surface area contributed by atoms with Gasteiger partial charge in [0.05, 0.1) is 0 Å². The molecule has 0 unspecified atom stereocenters. The molecule has 14 heavy (non-hydrogen) atoms. The van der Waals surface area contributed by atoms with E-state index in [2.05, 4.69) is 4.98 Å². The average Bonchev–Trinajstić information content (AvgIpc) is 2.01. The van der Waals surface area contributed by atoms with Gasteiger partial charge in [-0.1, -0.05) is 11.6 Å². The second kappa shape index (κ2) is 3.96. The lowest BCUT2D eigenvalue weighted by Gasteiger charge is -2.05. The number of halogens is 4. The van der Waals surface area contributed by atoms with Crippen molar-refractivity contribution in [3.05, 3.63) is 23.0 Å². The molecule has 78 valence electrons. The van der Waals surface area contributed by atoms with Crippen LogP contribution in [0.4, 0.5) is 8.78 Å². The van der Waals surface area contributed by atoms with Crippen molar-refractivity contribution in [2.75, 3.05) is 0 Å². The van der Waals surface area contributed by atoms with Crippen LogP contribution in [0.5, 0.6) is 0 Å². The van der Waals surface area contributed by atoms with Crippen molar-refractivity contribution >= 4 is 31.3 Å². The zero-order valence-electron chi connectivity index (χ0n) is 6.42. The van der Waals surface area contributed by atoms with Gasteiger partial charge in [0.1, 0.15) is 10.0 Å². The Kier molecular flexibility index (Phi) is 3.28. The van der Waals surface area contributed by atoms with Crippen LogP contribution in [0.2, 0.25) is 5.15 Å². The van der Waals surface area contributed by atoms with Crippen LogP contribution in [0.1, 0.15) is 12.0 Å². The Bertz CT molecular complexity index is 449. The molecule has 0 fully saturated rings. The molecular formula is C6H3Cl2F2NO2S. The van der Waals surface area contributed by atoms with Crippen LogP contribution >= 0.6 is 22.3 Å². The van der Waals surface area contributed by atoms with Gasteiger partial charge in [0.2, 0.25) is 0 Å². The molecule has 0 aliphatic heterocycles. The van der Waals surface area contributed by atoms with Crippen LogP contribution in [0.15, 0.2) is 17.2 Å². The topological polar surface area (TPSA) is 47.0 Å². The van der Waals surface area contributed by atoms with Crippen LogP contribution in [-0.4, -0.2) is 13.4 Å². The normalized spacial score (nSPS) is 12.1. The van der Waals surface area contributed by atoms with E-state index in [0.717, 1.165) is 12.3 Å². The molecule has 1 heterocycles. The predicted molar refractivity (Wildman–Crippen MR) is 47.2 cm³/mol. The highest BCUT2D eigenvalue weighted by Gasteiger charge is 2.25. The molecule has 0 amide bonds. The first-order valence-corrected chi connectivity index (χ1v) is 5.90. The molecule has 0 saturated heterocycles. The monoisotopic (exact) mass is 261 g/mol. The molecule has 8 heteroatoms. The highest BCUT2D eigenvalue weighted by atomic mass is 35.7. The number of aromatic nitrogens is 1. The molecule has 0 bridgehead atoms. The lowest BCUT2D eigenvalue weighted by molar-refractivity contribution is 0.148. The van der Waals surface area contributed by atoms with Crippen molar-refractivity contribution in [3.8, 4) is 0 Å². The summed E-state index contributed by atoms with van der Waals surface area (Å²) >= 11 is 5.35. The lowest BCUT2D eigenvalue weighted by Crippen LogP contribution is -2.01. The van der Waals surface area contributed by atoms with Gasteiger partial charge in [-0.15, -0.1) is 0 Å². The van der Waals surface area contributed by atoms with Gasteiger partial charge in [0.25, 0.3) is 15.5 Å². The molecule has 0 aliphatic rings. The lowest BCUT2D eigenvalue weighted by atomic mass is 10.3. The fourth-order valence-corrected chi connectivity index (χ4v) is 2.62. The number of rotatable bonds is 2. The Morgan fingerprint density at radius 2 is 2.00 bits per heavy atom. The minimum absolute atomic E-state index is 0.558. The van der Waals surface area contributed by atoms with Crippen molar-refractivity contribution in [1.29, 1.82) is 0 Å². The zero-order valence-corrected chi connectivity index (χ0v) is 8.74. The first-order valence-electron chi connectivity index (χ1n) is 3.21. The fourth-order valence-electron chi connectivity index (χ4n) is 0.850. The van der Waals surface area contributed by atoms with Crippen LogP contribution in [0.25, 0.3) is 0 Å². The maximum Gasteiger partial charge on any atom is 0.265 e. The minimum Gasteiger partial charge on any atom is -0.243 e. The van der Waals surface area contributed by atoms with E-state index in [0.29, 0.717) is 0 Å². The van der Waals surface area contributed by atoms with E-state index in [9.17, 15) is 17.2 Å². The standard InChI is InChI=1S/C6H3Cl2F2NO2S/c7-5-4(14(8,12)13)3(6(9)10)1-2-11-5/h1-2,6H. The average molecular weight is 262 g/mol. The van der Waals surface area contributed by atoms with Crippen molar-refractivity contribution in [3.63, 3.8) is 0 Å². The molecule has 1 aromatic rings. The van der Waals surface area contributed by atoms with Crippen LogP contribution in [-0.2, 0) is 9.05 Å². The summed E-state index contributed by atoms with van der Waals surface area (Å²) in [4.78, 5) is 2.52. The van der Waals surface area contributed by atoms with E-state index in [4.69, 9.17) is 22.3 Å². The second-order valence-electron chi connectivity index (χ2n) is 2.26. The maximum atomic E-state index is 12.3. The van der Waals surface area contributed by atoms with Crippen LogP contribution < -0.4 is 0 Å². The number of hydrogen-bond acceptors (Lipinski definition) is 3. The first kappa shape index (κ1) is 11.6. The Morgan fingerprint density at radius 1 is 1.43 bits per heavy atom. The fraction of sp³-hybridized carbons (Fsp3) is 0.167. The third-order valence-electron chi connectivity index (χ3n) is 1.37. The zero-order chi connectivity index (χ0) is 10.9. The van der Waals surface area contributed by atoms with Crippen LogP contribution in [0.3, 0.4) is 0 Å². The highest BCUT2D eigenvalue weighted by Crippen LogP contribution is 2.32. The van der Waals surface area contributed by atoms with E-state index >= 15 is 0 Å². The van der Waals surface area contributed by atoms with Gasteiger partial charge in [0.15, 0.2) is 0 Å². The summed E-state index contributed by atoms with van der Waals surface area (Å²) in [5.41, 5.74) is -0.750. The molecule has 3 nitrogen and oxygen atoms in total. The Labute approximate surface area is 88.1 Å².